The Morgan fingerprint density at radius 3 is 2.38 bits per heavy atom. The first-order chi connectivity index (χ1) is 6.31. The molecule has 0 aromatic carbocycles. The Morgan fingerprint density at radius 1 is 1.08 bits per heavy atom. The fourth-order valence-electron chi connectivity index (χ4n) is 1.01. The van der Waals surface area contributed by atoms with Gasteiger partial charge in [0.05, 0.1) is 13.2 Å². The van der Waals surface area contributed by atoms with Crippen LogP contribution in [0.1, 0.15) is 26.7 Å². The van der Waals surface area contributed by atoms with E-state index >= 15 is 0 Å². The van der Waals surface area contributed by atoms with E-state index in [2.05, 4.69) is 19.6 Å². The van der Waals surface area contributed by atoms with Crippen LogP contribution in [0.5, 0.6) is 0 Å². The molecule has 0 aliphatic heterocycles. The van der Waals surface area contributed by atoms with Gasteiger partial charge in [0, 0.05) is 13.2 Å². The van der Waals surface area contributed by atoms with Gasteiger partial charge in [-0.3, -0.25) is 0 Å². The van der Waals surface area contributed by atoms with Crippen LogP contribution in [0, 0.1) is 5.92 Å². The summed E-state index contributed by atoms with van der Waals surface area (Å²) >= 11 is 4.19. The molecular weight excluding hydrogens is 184 g/mol. The third kappa shape index (κ3) is 10.2. The van der Waals surface area contributed by atoms with Crippen LogP contribution >= 0.6 is 12.6 Å². The average Bonchev–Trinajstić information content (AvgIpc) is 2.11. The van der Waals surface area contributed by atoms with E-state index in [1.54, 1.807) is 0 Å². The van der Waals surface area contributed by atoms with E-state index in [4.69, 9.17) is 9.47 Å². The zero-order valence-corrected chi connectivity index (χ0v) is 9.69. The molecule has 13 heavy (non-hydrogen) atoms. The van der Waals surface area contributed by atoms with Gasteiger partial charge in [0.15, 0.2) is 0 Å². The van der Waals surface area contributed by atoms with Crippen molar-refractivity contribution >= 4 is 12.6 Å². The Bertz CT molecular complexity index is 98.9. The van der Waals surface area contributed by atoms with Crippen molar-refractivity contribution in [3.63, 3.8) is 0 Å². The molecule has 0 saturated heterocycles. The highest BCUT2D eigenvalue weighted by molar-refractivity contribution is 7.80. The zero-order valence-electron chi connectivity index (χ0n) is 8.79. The number of ether oxygens (including phenoxy) is 2. The van der Waals surface area contributed by atoms with Gasteiger partial charge in [-0.15, -0.1) is 0 Å². The Labute approximate surface area is 87.4 Å². The van der Waals surface area contributed by atoms with Crippen LogP contribution in [0.2, 0.25) is 0 Å². The molecule has 0 aromatic heterocycles. The second-order valence-electron chi connectivity index (χ2n) is 3.22. The summed E-state index contributed by atoms with van der Waals surface area (Å²) < 4.78 is 10.6. The molecule has 2 nitrogen and oxygen atoms in total. The van der Waals surface area contributed by atoms with Crippen molar-refractivity contribution in [2.75, 3.05) is 32.2 Å². The summed E-state index contributed by atoms with van der Waals surface area (Å²) in [5.74, 6) is 1.70. The first-order valence-corrected chi connectivity index (χ1v) is 5.70. The molecule has 0 saturated carbocycles. The lowest BCUT2D eigenvalue weighted by Crippen LogP contribution is -2.07. The minimum atomic E-state index is 0.720. The molecule has 1 atom stereocenters. The Kier molecular flexibility index (Phi) is 10.6. The summed E-state index contributed by atoms with van der Waals surface area (Å²) in [7, 11) is 0. The molecule has 0 spiro atoms. The van der Waals surface area contributed by atoms with Crippen LogP contribution < -0.4 is 0 Å². The van der Waals surface area contributed by atoms with E-state index in [1.807, 2.05) is 6.92 Å². The van der Waals surface area contributed by atoms with Gasteiger partial charge < -0.3 is 9.47 Å². The molecule has 0 heterocycles. The smallest absolute Gasteiger partial charge is 0.0700 e. The van der Waals surface area contributed by atoms with Crippen molar-refractivity contribution < 1.29 is 9.47 Å². The predicted molar refractivity (Wildman–Crippen MR) is 59.6 cm³/mol. The molecule has 0 bridgehead atoms. The molecule has 0 aliphatic carbocycles. The molecule has 0 rings (SSSR count). The summed E-state index contributed by atoms with van der Waals surface area (Å²) in [6.45, 7) is 7.30. The molecule has 0 aliphatic rings. The van der Waals surface area contributed by atoms with Crippen molar-refractivity contribution in [1.29, 1.82) is 0 Å². The van der Waals surface area contributed by atoms with Crippen LogP contribution in [-0.2, 0) is 9.47 Å². The summed E-state index contributed by atoms with van der Waals surface area (Å²) in [4.78, 5) is 0. The van der Waals surface area contributed by atoms with Crippen molar-refractivity contribution in [2.24, 2.45) is 5.92 Å². The van der Waals surface area contributed by atoms with E-state index in [9.17, 15) is 0 Å². The minimum Gasteiger partial charge on any atom is -0.379 e. The van der Waals surface area contributed by atoms with Gasteiger partial charge in [0.25, 0.3) is 0 Å². The van der Waals surface area contributed by atoms with E-state index < -0.39 is 0 Å². The van der Waals surface area contributed by atoms with Crippen LogP contribution in [0.3, 0.4) is 0 Å². The van der Waals surface area contributed by atoms with Crippen molar-refractivity contribution in [1.82, 2.24) is 0 Å². The molecule has 0 fully saturated rings. The first-order valence-electron chi connectivity index (χ1n) is 5.07. The molecule has 3 heteroatoms. The Hall–Kier alpha value is 0.270. The van der Waals surface area contributed by atoms with Crippen LogP contribution in [-0.4, -0.2) is 32.2 Å². The van der Waals surface area contributed by atoms with Crippen molar-refractivity contribution in [3.8, 4) is 0 Å². The molecule has 80 valence electrons. The molecule has 0 aromatic rings. The highest BCUT2D eigenvalue weighted by Gasteiger charge is 1.99. The standard InChI is InChI=1S/C10H22O2S/c1-3-11-7-8-12-6-4-10(2)5-9-13/h10,13H,3-9H2,1-2H3. The van der Waals surface area contributed by atoms with Gasteiger partial charge >= 0.3 is 0 Å². The summed E-state index contributed by atoms with van der Waals surface area (Å²) in [5, 5.41) is 0. The van der Waals surface area contributed by atoms with E-state index in [0.717, 1.165) is 44.5 Å². The Balaban J connectivity index is 2.97. The maximum absolute atomic E-state index is 5.40. The van der Waals surface area contributed by atoms with Gasteiger partial charge in [-0.1, -0.05) is 6.92 Å². The SMILES string of the molecule is CCOCCOCCC(C)CCS. The number of rotatable bonds is 9. The molecule has 0 N–H and O–H groups in total. The lowest BCUT2D eigenvalue weighted by Gasteiger charge is -2.09. The maximum Gasteiger partial charge on any atom is 0.0700 e. The number of hydrogen-bond acceptors (Lipinski definition) is 3. The number of thiol groups is 1. The number of hydrogen-bond donors (Lipinski definition) is 1. The largest absolute Gasteiger partial charge is 0.379 e. The van der Waals surface area contributed by atoms with E-state index in [1.165, 1.54) is 6.42 Å². The third-order valence-corrected chi connectivity index (χ3v) is 2.21. The lowest BCUT2D eigenvalue weighted by molar-refractivity contribution is 0.0481. The highest BCUT2D eigenvalue weighted by atomic mass is 32.1. The summed E-state index contributed by atoms with van der Waals surface area (Å²) in [5.41, 5.74) is 0. The quantitative estimate of drug-likeness (QED) is 0.461. The minimum absolute atomic E-state index is 0.720. The zero-order chi connectivity index (χ0) is 9.94. The topological polar surface area (TPSA) is 18.5 Å². The van der Waals surface area contributed by atoms with Crippen molar-refractivity contribution in [2.45, 2.75) is 26.7 Å². The van der Waals surface area contributed by atoms with Gasteiger partial charge in [0.1, 0.15) is 0 Å². The maximum atomic E-state index is 5.40. The van der Waals surface area contributed by atoms with Crippen LogP contribution in [0.25, 0.3) is 0 Å². The van der Waals surface area contributed by atoms with Gasteiger partial charge in [-0.05, 0) is 31.4 Å². The predicted octanol–water partition coefficient (Wildman–Crippen LogP) is 2.39. The fourth-order valence-corrected chi connectivity index (χ4v) is 1.45. The van der Waals surface area contributed by atoms with Gasteiger partial charge in [-0.2, -0.15) is 12.6 Å². The normalized spacial score (nSPS) is 13.2. The summed E-state index contributed by atoms with van der Waals surface area (Å²) in [6.07, 6.45) is 2.31. The Morgan fingerprint density at radius 2 is 1.77 bits per heavy atom. The van der Waals surface area contributed by atoms with E-state index in [-0.39, 0.29) is 0 Å². The van der Waals surface area contributed by atoms with Crippen LogP contribution in [0.4, 0.5) is 0 Å². The molecule has 0 amide bonds. The van der Waals surface area contributed by atoms with Gasteiger partial charge in [0.2, 0.25) is 0 Å². The van der Waals surface area contributed by atoms with Crippen LogP contribution in [0.15, 0.2) is 0 Å². The van der Waals surface area contributed by atoms with Gasteiger partial charge in [-0.25, -0.2) is 0 Å². The first kappa shape index (κ1) is 13.3. The molecule has 1 unspecified atom stereocenters. The lowest BCUT2D eigenvalue weighted by atomic mass is 10.1. The average molecular weight is 206 g/mol. The molecular formula is C10H22O2S. The van der Waals surface area contributed by atoms with E-state index in [0.29, 0.717) is 0 Å². The highest BCUT2D eigenvalue weighted by Crippen LogP contribution is 2.07. The summed E-state index contributed by atoms with van der Waals surface area (Å²) in [6, 6.07) is 0. The second-order valence-corrected chi connectivity index (χ2v) is 3.66. The molecule has 0 radical (unpaired) electrons. The third-order valence-electron chi connectivity index (χ3n) is 1.95. The fraction of sp³-hybridized carbons (Fsp3) is 1.00. The monoisotopic (exact) mass is 206 g/mol. The second kappa shape index (κ2) is 10.4. The van der Waals surface area contributed by atoms with Crippen molar-refractivity contribution in [3.05, 3.63) is 0 Å².